The van der Waals surface area contributed by atoms with Crippen LogP contribution in [0.5, 0.6) is 0 Å². The van der Waals surface area contributed by atoms with Gasteiger partial charge in [-0.2, -0.15) is 11.8 Å². The summed E-state index contributed by atoms with van der Waals surface area (Å²) in [6.45, 7) is 11.1. The van der Waals surface area contributed by atoms with Gasteiger partial charge in [0.2, 0.25) is 0 Å². The lowest BCUT2D eigenvalue weighted by Crippen LogP contribution is -2.14. The first-order valence-corrected chi connectivity index (χ1v) is 9.43. The van der Waals surface area contributed by atoms with Crippen molar-refractivity contribution in [2.45, 2.75) is 65.2 Å². The number of hydrogen-bond acceptors (Lipinski definition) is 4. The Morgan fingerprint density at radius 1 is 1.26 bits per heavy atom. The first-order chi connectivity index (χ1) is 9.19. The first kappa shape index (κ1) is 17.0. The van der Waals surface area contributed by atoms with E-state index in [4.69, 9.17) is 4.98 Å². The average molecular weight is 301 g/mol. The molecule has 4 heteroatoms. The summed E-state index contributed by atoms with van der Waals surface area (Å²) in [5, 5.41) is 4.84. The Morgan fingerprint density at radius 2 is 2.05 bits per heavy atom. The van der Waals surface area contributed by atoms with Gasteiger partial charge in [-0.25, -0.2) is 4.98 Å². The molecule has 0 bridgehead atoms. The van der Waals surface area contributed by atoms with Gasteiger partial charge < -0.3 is 5.32 Å². The molecule has 0 saturated carbocycles. The monoisotopic (exact) mass is 300 g/mol. The zero-order valence-electron chi connectivity index (χ0n) is 12.8. The zero-order chi connectivity index (χ0) is 14.1. The molecular weight excluding hydrogens is 272 g/mol. The molecule has 0 spiro atoms. The highest BCUT2D eigenvalue weighted by Crippen LogP contribution is 2.27. The zero-order valence-corrected chi connectivity index (χ0v) is 14.4. The molecule has 1 rings (SSSR count). The minimum atomic E-state index is 0.532. The summed E-state index contributed by atoms with van der Waals surface area (Å²) in [5.41, 5.74) is 1.31. The molecule has 0 aliphatic carbocycles. The van der Waals surface area contributed by atoms with Gasteiger partial charge in [-0.3, -0.25) is 0 Å². The number of aromatic nitrogens is 1. The van der Waals surface area contributed by atoms with Crippen LogP contribution >= 0.6 is 23.1 Å². The molecule has 1 heterocycles. The molecule has 0 aromatic carbocycles. The summed E-state index contributed by atoms with van der Waals surface area (Å²) < 4.78 is 0. The maximum atomic E-state index is 4.84. The summed E-state index contributed by atoms with van der Waals surface area (Å²) in [6.07, 6.45) is 3.76. The molecule has 0 saturated heterocycles. The molecule has 110 valence electrons. The minimum absolute atomic E-state index is 0.532. The first-order valence-electron chi connectivity index (χ1n) is 7.45. The van der Waals surface area contributed by atoms with Gasteiger partial charge in [0.25, 0.3) is 0 Å². The Hall–Kier alpha value is -0.0600. The number of thiazole rings is 1. The maximum absolute atomic E-state index is 4.84. The van der Waals surface area contributed by atoms with E-state index < -0.39 is 0 Å². The third-order valence-electron chi connectivity index (χ3n) is 2.89. The number of nitrogens with one attached hydrogen (secondary N) is 1. The average Bonchev–Trinajstić information content (AvgIpc) is 2.78. The largest absolute Gasteiger partial charge is 0.312 e. The molecule has 0 aliphatic rings. The second-order valence-electron chi connectivity index (χ2n) is 5.15. The van der Waals surface area contributed by atoms with Gasteiger partial charge in [0.05, 0.1) is 5.69 Å². The van der Waals surface area contributed by atoms with E-state index in [-0.39, 0.29) is 0 Å². The van der Waals surface area contributed by atoms with E-state index in [0.29, 0.717) is 5.92 Å². The molecule has 1 N–H and O–H groups in total. The van der Waals surface area contributed by atoms with E-state index in [2.05, 4.69) is 33.0 Å². The van der Waals surface area contributed by atoms with Crippen LogP contribution in [0, 0.1) is 0 Å². The van der Waals surface area contributed by atoms with Crippen LogP contribution in [0.4, 0.5) is 0 Å². The summed E-state index contributed by atoms with van der Waals surface area (Å²) >= 11 is 3.90. The highest BCUT2D eigenvalue weighted by molar-refractivity contribution is 7.98. The van der Waals surface area contributed by atoms with Crippen molar-refractivity contribution in [1.82, 2.24) is 10.3 Å². The lowest BCUT2D eigenvalue weighted by molar-refractivity contribution is 0.639. The Kier molecular flexibility index (Phi) is 8.75. The van der Waals surface area contributed by atoms with Crippen LogP contribution in [0.3, 0.4) is 0 Å². The van der Waals surface area contributed by atoms with Crippen molar-refractivity contribution in [3.05, 3.63) is 15.6 Å². The lowest BCUT2D eigenvalue weighted by Gasteiger charge is -2.06. The fourth-order valence-corrected chi connectivity index (χ4v) is 4.01. The van der Waals surface area contributed by atoms with E-state index in [9.17, 15) is 0 Å². The van der Waals surface area contributed by atoms with Crippen LogP contribution in [0.1, 0.15) is 68.5 Å². The van der Waals surface area contributed by atoms with Crippen LogP contribution in [0.15, 0.2) is 0 Å². The fraction of sp³-hybridized carbons (Fsp3) is 0.800. The van der Waals surface area contributed by atoms with E-state index in [1.165, 1.54) is 40.6 Å². The molecule has 0 atom stereocenters. The number of nitrogens with zero attached hydrogens (tertiary/aromatic N) is 1. The minimum Gasteiger partial charge on any atom is -0.312 e. The van der Waals surface area contributed by atoms with E-state index in [1.54, 1.807) is 0 Å². The number of thioether (sulfide) groups is 1. The Labute approximate surface area is 126 Å². The molecule has 2 nitrogen and oxygen atoms in total. The van der Waals surface area contributed by atoms with Crippen LogP contribution < -0.4 is 5.32 Å². The van der Waals surface area contributed by atoms with Gasteiger partial charge in [-0.05, 0) is 31.1 Å². The standard InChI is InChI=1S/C15H28N2S2/c1-5-7-8-16-10-13-15(12(3)4)17-14(19-13)11-18-9-6-2/h12,16H,5-11H2,1-4H3. The van der Waals surface area contributed by atoms with Gasteiger partial charge in [0.15, 0.2) is 0 Å². The summed E-state index contributed by atoms with van der Waals surface area (Å²) in [6, 6.07) is 0. The van der Waals surface area contributed by atoms with Gasteiger partial charge in [0.1, 0.15) is 5.01 Å². The number of unbranched alkanes of at least 4 members (excludes halogenated alkanes) is 1. The number of rotatable bonds is 10. The predicted molar refractivity (Wildman–Crippen MR) is 89.3 cm³/mol. The van der Waals surface area contributed by atoms with Gasteiger partial charge in [0, 0.05) is 17.2 Å². The normalized spacial score (nSPS) is 11.4. The van der Waals surface area contributed by atoms with Crippen molar-refractivity contribution in [3.63, 3.8) is 0 Å². The summed E-state index contributed by atoms with van der Waals surface area (Å²) in [7, 11) is 0. The summed E-state index contributed by atoms with van der Waals surface area (Å²) in [5.74, 6) is 2.84. The molecular formula is C15H28N2S2. The highest BCUT2D eigenvalue weighted by atomic mass is 32.2. The lowest BCUT2D eigenvalue weighted by atomic mass is 10.1. The third-order valence-corrected chi connectivity index (χ3v) is 5.31. The quantitative estimate of drug-likeness (QED) is 0.628. The van der Waals surface area contributed by atoms with Crippen LogP contribution in [0.25, 0.3) is 0 Å². The Balaban J connectivity index is 2.56. The molecule has 1 aromatic heterocycles. The SMILES string of the molecule is CCCCNCc1sc(CSCCC)nc1C(C)C. The molecule has 0 radical (unpaired) electrons. The van der Waals surface area contributed by atoms with Crippen molar-refractivity contribution >= 4 is 23.1 Å². The maximum Gasteiger partial charge on any atom is 0.103 e. The summed E-state index contributed by atoms with van der Waals surface area (Å²) in [4.78, 5) is 6.28. The topological polar surface area (TPSA) is 24.9 Å². The van der Waals surface area contributed by atoms with E-state index in [1.807, 2.05) is 23.1 Å². The molecule has 1 aromatic rings. The van der Waals surface area contributed by atoms with Gasteiger partial charge >= 0.3 is 0 Å². The van der Waals surface area contributed by atoms with Gasteiger partial charge in [-0.15, -0.1) is 11.3 Å². The predicted octanol–water partition coefficient (Wildman–Crippen LogP) is 4.80. The molecule has 19 heavy (non-hydrogen) atoms. The number of hydrogen-bond donors (Lipinski definition) is 1. The van der Waals surface area contributed by atoms with E-state index in [0.717, 1.165) is 18.8 Å². The molecule has 0 unspecified atom stereocenters. The van der Waals surface area contributed by atoms with Crippen LogP contribution in [-0.4, -0.2) is 17.3 Å². The van der Waals surface area contributed by atoms with Gasteiger partial charge in [-0.1, -0.05) is 34.1 Å². The highest BCUT2D eigenvalue weighted by Gasteiger charge is 2.13. The second kappa shape index (κ2) is 9.78. The molecule has 0 amide bonds. The smallest absolute Gasteiger partial charge is 0.103 e. The Morgan fingerprint density at radius 3 is 2.68 bits per heavy atom. The van der Waals surface area contributed by atoms with Crippen molar-refractivity contribution in [2.24, 2.45) is 0 Å². The second-order valence-corrected chi connectivity index (χ2v) is 7.43. The van der Waals surface area contributed by atoms with Crippen LogP contribution in [0.2, 0.25) is 0 Å². The molecule has 0 fully saturated rings. The van der Waals surface area contributed by atoms with Crippen molar-refractivity contribution in [3.8, 4) is 0 Å². The fourth-order valence-electron chi connectivity index (χ4n) is 1.86. The van der Waals surface area contributed by atoms with Crippen molar-refractivity contribution < 1.29 is 0 Å². The Bertz CT molecular complexity index is 348. The molecule has 0 aliphatic heterocycles. The van der Waals surface area contributed by atoms with Crippen LogP contribution in [-0.2, 0) is 12.3 Å². The van der Waals surface area contributed by atoms with E-state index >= 15 is 0 Å². The van der Waals surface area contributed by atoms with Crippen molar-refractivity contribution in [1.29, 1.82) is 0 Å². The third kappa shape index (κ3) is 6.28. The van der Waals surface area contributed by atoms with Crippen molar-refractivity contribution in [2.75, 3.05) is 12.3 Å².